The Balaban J connectivity index is 1.70. The molecule has 0 unspecified atom stereocenters. The molecule has 0 aliphatic heterocycles. The second kappa shape index (κ2) is 8.94. The van der Waals surface area contributed by atoms with Crippen LogP contribution in [0.2, 0.25) is 0 Å². The Hall–Kier alpha value is -3.49. The summed E-state index contributed by atoms with van der Waals surface area (Å²) in [7, 11) is 1.57. The van der Waals surface area contributed by atoms with Crippen molar-refractivity contribution >= 4 is 22.7 Å². The van der Waals surface area contributed by atoms with Gasteiger partial charge in [-0.2, -0.15) is 23.4 Å². The van der Waals surface area contributed by atoms with E-state index in [1.807, 2.05) is 12.1 Å². The molecule has 4 rings (SSSR count). The summed E-state index contributed by atoms with van der Waals surface area (Å²) in [4.78, 5) is 12.7. The highest BCUT2D eigenvalue weighted by atomic mass is 32.1. The molecule has 0 saturated carbocycles. The average molecular weight is 474 g/mol. The Morgan fingerprint density at radius 1 is 1.06 bits per heavy atom. The summed E-state index contributed by atoms with van der Waals surface area (Å²) in [5, 5.41) is 12.0. The summed E-state index contributed by atoms with van der Waals surface area (Å²) in [6, 6.07) is 12.6. The zero-order valence-corrected chi connectivity index (χ0v) is 18.0. The van der Waals surface area contributed by atoms with Crippen LogP contribution in [-0.4, -0.2) is 22.1 Å². The Labute approximate surface area is 188 Å². The summed E-state index contributed by atoms with van der Waals surface area (Å²) in [5.74, 6) is 0.841. The predicted octanol–water partition coefficient (Wildman–Crippen LogP) is 5.81. The fourth-order valence-corrected chi connectivity index (χ4v) is 4.17. The van der Waals surface area contributed by atoms with Crippen molar-refractivity contribution in [2.45, 2.75) is 12.8 Å². The lowest BCUT2D eigenvalue weighted by Crippen LogP contribution is -2.05. The molecule has 0 N–H and O–H groups in total. The smallest absolute Gasteiger partial charge is 0.434 e. The van der Waals surface area contributed by atoms with E-state index in [1.54, 1.807) is 36.8 Å². The van der Waals surface area contributed by atoms with Crippen LogP contribution in [0.25, 0.3) is 22.1 Å². The van der Waals surface area contributed by atoms with E-state index in [0.717, 1.165) is 22.3 Å². The monoisotopic (exact) mass is 474 g/mol. The number of benzene rings is 1. The van der Waals surface area contributed by atoms with Crippen LogP contribution in [0.1, 0.15) is 16.1 Å². The summed E-state index contributed by atoms with van der Waals surface area (Å²) in [6.07, 6.45) is -4.57. The molecule has 0 saturated heterocycles. The third-order valence-corrected chi connectivity index (χ3v) is 5.93. The molecular formula is C21H13F3N4O2S2. The van der Waals surface area contributed by atoms with E-state index < -0.39 is 11.9 Å². The fourth-order valence-electron chi connectivity index (χ4n) is 2.72. The van der Waals surface area contributed by atoms with E-state index in [1.165, 1.54) is 11.3 Å². The highest BCUT2D eigenvalue weighted by Gasteiger charge is 2.34. The molecule has 3 aromatic heterocycles. The maximum absolute atomic E-state index is 13.0. The summed E-state index contributed by atoms with van der Waals surface area (Å²) in [6.45, 7) is 0.167. The Morgan fingerprint density at radius 2 is 1.84 bits per heavy atom. The van der Waals surface area contributed by atoms with E-state index >= 15 is 0 Å². The molecule has 0 atom stereocenters. The maximum atomic E-state index is 13.0. The van der Waals surface area contributed by atoms with Crippen molar-refractivity contribution in [3.63, 3.8) is 0 Å². The van der Waals surface area contributed by atoms with Gasteiger partial charge in [-0.1, -0.05) is 12.1 Å². The van der Waals surface area contributed by atoms with Crippen LogP contribution in [0.3, 0.4) is 0 Å². The van der Waals surface area contributed by atoms with Gasteiger partial charge < -0.3 is 9.47 Å². The van der Waals surface area contributed by atoms with Gasteiger partial charge in [-0.05, 0) is 29.1 Å². The van der Waals surface area contributed by atoms with Gasteiger partial charge in [-0.3, -0.25) is 0 Å². The molecule has 0 spiro atoms. The van der Waals surface area contributed by atoms with Crippen LogP contribution >= 0.6 is 22.7 Å². The molecular weight excluding hydrogens is 461 g/mol. The molecule has 0 fully saturated rings. The maximum Gasteiger partial charge on any atom is 0.434 e. The van der Waals surface area contributed by atoms with Crippen LogP contribution < -0.4 is 9.47 Å². The Kier molecular flexibility index (Phi) is 6.07. The van der Waals surface area contributed by atoms with Crippen LogP contribution in [-0.2, 0) is 12.8 Å². The van der Waals surface area contributed by atoms with Gasteiger partial charge in [0.2, 0.25) is 5.88 Å². The summed E-state index contributed by atoms with van der Waals surface area (Å²) >= 11 is 2.02. The number of alkyl halides is 3. The normalized spacial score (nSPS) is 11.2. The first-order chi connectivity index (χ1) is 15.4. The minimum absolute atomic E-state index is 0.00205. The van der Waals surface area contributed by atoms with Gasteiger partial charge in [0.25, 0.3) is 0 Å². The first-order valence-corrected chi connectivity index (χ1v) is 10.8. The number of thiazole rings is 1. The summed E-state index contributed by atoms with van der Waals surface area (Å²) in [5.41, 5.74) is 0.735. The van der Waals surface area contributed by atoms with E-state index in [-0.39, 0.29) is 23.3 Å². The molecule has 162 valence electrons. The van der Waals surface area contributed by atoms with Gasteiger partial charge in [0.1, 0.15) is 23.3 Å². The molecule has 11 heteroatoms. The van der Waals surface area contributed by atoms with Crippen molar-refractivity contribution in [1.29, 1.82) is 5.26 Å². The molecule has 3 heterocycles. The molecule has 4 aromatic rings. The second-order valence-electron chi connectivity index (χ2n) is 6.36. The van der Waals surface area contributed by atoms with Crippen molar-refractivity contribution in [3.05, 3.63) is 63.3 Å². The van der Waals surface area contributed by atoms with E-state index in [9.17, 15) is 18.4 Å². The minimum Gasteiger partial charge on any atom is -0.497 e. The zero-order valence-electron chi connectivity index (χ0n) is 16.4. The van der Waals surface area contributed by atoms with E-state index in [2.05, 4.69) is 21.0 Å². The van der Waals surface area contributed by atoms with Gasteiger partial charge in [-0.15, -0.1) is 22.7 Å². The number of rotatable bonds is 6. The lowest BCUT2D eigenvalue weighted by molar-refractivity contribution is -0.140. The number of nitriles is 1. The molecule has 32 heavy (non-hydrogen) atoms. The quantitative estimate of drug-likeness (QED) is 0.351. The second-order valence-corrected chi connectivity index (χ2v) is 8.14. The minimum atomic E-state index is -4.57. The first-order valence-electron chi connectivity index (χ1n) is 9.03. The van der Waals surface area contributed by atoms with Crippen molar-refractivity contribution in [1.82, 2.24) is 15.0 Å². The molecule has 0 bridgehead atoms. The van der Waals surface area contributed by atoms with Gasteiger partial charge in [0, 0.05) is 17.0 Å². The van der Waals surface area contributed by atoms with Gasteiger partial charge in [-0.25, -0.2) is 9.97 Å². The van der Waals surface area contributed by atoms with Gasteiger partial charge >= 0.3 is 6.18 Å². The van der Waals surface area contributed by atoms with E-state index in [4.69, 9.17) is 9.47 Å². The number of methoxy groups -OCH3 is 1. The first kappa shape index (κ1) is 21.7. The van der Waals surface area contributed by atoms with Gasteiger partial charge in [0.15, 0.2) is 16.5 Å². The molecule has 1 aromatic carbocycles. The lowest BCUT2D eigenvalue weighted by Gasteiger charge is -2.09. The number of hydrogen-bond acceptors (Lipinski definition) is 8. The van der Waals surface area contributed by atoms with Crippen LogP contribution in [0.5, 0.6) is 11.6 Å². The highest BCUT2D eigenvalue weighted by molar-refractivity contribution is 7.13. The third-order valence-electron chi connectivity index (χ3n) is 4.28. The zero-order chi connectivity index (χ0) is 22.7. The Morgan fingerprint density at radius 3 is 2.50 bits per heavy atom. The number of nitrogens with zero attached hydrogens (tertiary/aromatic N) is 4. The van der Waals surface area contributed by atoms with Crippen molar-refractivity contribution < 1.29 is 22.6 Å². The molecule has 6 nitrogen and oxygen atoms in total. The summed E-state index contributed by atoms with van der Waals surface area (Å²) < 4.78 is 49.9. The average Bonchev–Trinajstić information content (AvgIpc) is 3.47. The molecule has 0 aliphatic rings. The topological polar surface area (TPSA) is 80.9 Å². The molecule has 0 amide bonds. The van der Waals surface area contributed by atoms with Crippen molar-refractivity contribution in [3.8, 4) is 39.8 Å². The number of aromatic nitrogens is 3. The molecule has 0 radical (unpaired) electrons. The van der Waals surface area contributed by atoms with Gasteiger partial charge in [0.05, 0.1) is 12.8 Å². The predicted molar refractivity (Wildman–Crippen MR) is 113 cm³/mol. The SMILES string of the molecule is COc1ccc(COc2cc(-c3ccsc3C#N)nc(-c3nc(C(F)(F)F)cs3)n2)cc1. The van der Waals surface area contributed by atoms with Crippen molar-refractivity contribution in [2.75, 3.05) is 7.11 Å². The van der Waals surface area contributed by atoms with Crippen molar-refractivity contribution in [2.24, 2.45) is 0 Å². The standard InChI is InChI=1S/C21H13F3N4O2S2/c1-29-13-4-2-12(3-5-13)10-30-18-8-15(14-6-7-31-16(14)9-25)26-19(28-18)20-27-17(11-32-20)21(22,23)24/h2-8,11H,10H2,1H3. The number of ether oxygens (including phenoxy) is 2. The third kappa shape index (κ3) is 4.71. The number of hydrogen-bond donors (Lipinski definition) is 0. The number of thiophene rings is 1. The highest BCUT2D eigenvalue weighted by Crippen LogP contribution is 2.35. The lowest BCUT2D eigenvalue weighted by atomic mass is 10.2. The Bertz CT molecular complexity index is 1280. The van der Waals surface area contributed by atoms with E-state index in [0.29, 0.717) is 21.9 Å². The van der Waals surface area contributed by atoms with Crippen LogP contribution in [0, 0.1) is 11.3 Å². The fraction of sp³-hybridized carbons (Fsp3) is 0.143. The molecule has 0 aliphatic carbocycles. The number of halogens is 3. The largest absolute Gasteiger partial charge is 0.497 e. The van der Waals surface area contributed by atoms with Crippen LogP contribution in [0.15, 0.2) is 47.2 Å². The van der Waals surface area contributed by atoms with Crippen LogP contribution in [0.4, 0.5) is 13.2 Å².